The molecule has 17 heavy (non-hydrogen) atoms. The first-order valence-corrected chi connectivity index (χ1v) is 6.85. The van der Waals surface area contributed by atoms with Crippen molar-refractivity contribution in [3.05, 3.63) is 32.8 Å². The third-order valence-corrected chi connectivity index (χ3v) is 3.70. The van der Waals surface area contributed by atoms with Crippen LogP contribution < -0.4 is 4.72 Å². The molecule has 7 nitrogen and oxygen atoms in total. The molecule has 94 valence electrons. The molecule has 0 aliphatic carbocycles. The van der Waals surface area contributed by atoms with Crippen LogP contribution in [0.5, 0.6) is 0 Å². The van der Waals surface area contributed by atoms with Gasteiger partial charge in [0.1, 0.15) is 0 Å². The molecular weight excluding hydrogens is 316 g/mol. The molecule has 0 saturated heterocycles. The molecule has 1 rings (SSSR count). The van der Waals surface area contributed by atoms with Crippen molar-refractivity contribution < 1.29 is 18.4 Å². The van der Waals surface area contributed by atoms with Gasteiger partial charge in [-0.15, -0.1) is 0 Å². The maximum Gasteiger partial charge on any atom is 0.270 e. The minimum Gasteiger partial charge on any atom is -0.395 e. The molecule has 9 heteroatoms. The number of nitrogens with one attached hydrogen (secondary N) is 1. The Balaban J connectivity index is 2.98. The number of nitro groups is 1. The fourth-order valence-corrected chi connectivity index (χ4v) is 2.49. The number of benzene rings is 1. The van der Waals surface area contributed by atoms with Crippen LogP contribution in [0.15, 0.2) is 22.7 Å². The Kier molecular flexibility index (Phi) is 4.43. The lowest BCUT2D eigenvalue weighted by atomic mass is 10.3. The third kappa shape index (κ3) is 3.95. The lowest BCUT2D eigenvalue weighted by molar-refractivity contribution is -0.384. The summed E-state index contributed by atoms with van der Waals surface area (Å²) in [6.07, 6.45) is 0. The molecule has 2 N–H and O–H groups in total. The van der Waals surface area contributed by atoms with Crippen molar-refractivity contribution in [2.45, 2.75) is 0 Å². The average Bonchev–Trinajstić information content (AvgIpc) is 2.20. The van der Waals surface area contributed by atoms with Crippen molar-refractivity contribution in [1.29, 1.82) is 0 Å². The molecule has 0 radical (unpaired) electrons. The van der Waals surface area contributed by atoms with E-state index in [0.29, 0.717) is 0 Å². The molecule has 0 fully saturated rings. The summed E-state index contributed by atoms with van der Waals surface area (Å²) in [5, 5.41) is 19.0. The van der Waals surface area contributed by atoms with E-state index in [1.807, 2.05) is 0 Å². The van der Waals surface area contributed by atoms with Crippen LogP contribution in [0.3, 0.4) is 0 Å². The lowest BCUT2D eigenvalue weighted by Gasteiger charge is -2.08. The maximum atomic E-state index is 11.3. The average molecular weight is 325 g/mol. The second kappa shape index (κ2) is 5.43. The Morgan fingerprint density at radius 1 is 1.47 bits per heavy atom. The Bertz CT molecular complexity index is 531. The number of hydrogen-bond donors (Lipinski definition) is 2. The summed E-state index contributed by atoms with van der Waals surface area (Å²) in [6, 6.07) is 3.65. The van der Waals surface area contributed by atoms with Crippen LogP contribution in [0.25, 0.3) is 0 Å². The molecule has 0 aliphatic heterocycles. The molecule has 0 heterocycles. The van der Waals surface area contributed by atoms with E-state index in [0.717, 1.165) is 0 Å². The number of nitrogens with zero attached hydrogens (tertiary/aromatic N) is 1. The van der Waals surface area contributed by atoms with Crippen molar-refractivity contribution in [2.24, 2.45) is 0 Å². The monoisotopic (exact) mass is 324 g/mol. The molecule has 0 saturated carbocycles. The lowest BCUT2D eigenvalue weighted by Crippen LogP contribution is -2.19. The Morgan fingerprint density at radius 2 is 2.12 bits per heavy atom. The summed E-state index contributed by atoms with van der Waals surface area (Å²) < 4.78 is 25.1. The molecule has 0 amide bonds. The number of aliphatic hydroxyl groups excluding tert-OH is 1. The van der Waals surface area contributed by atoms with E-state index in [2.05, 4.69) is 20.7 Å². The molecule has 0 spiro atoms. The Morgan fingerprint density at radius 3 is 2.59 bits per heavy atom. The van der Waals surface area contributed by atoms with Gasteiger partial charge in [-0.25, -0.2) is 8.42 Å². The van der Waals surface area contributed by atoms with Crippen molar-refractivity contribution in [3.8, 4) is 0 Å². The molecule has 1 aromatic carbocycles. The highest BCUT2D eigenvalue weighted by Gasteiger charge is 2.14. The van der Waals surface area contributed by atoms with Gasteiger partial charge in [0, 0.05) is 16.6 Å². The van der Waals surface area contributed by atoms with E-state index < -0.39 is 27.3 Å². The van der Waals surface area contributed by atoms with Crippen molar-refractivity contribution in [1.82, 2.24) is 0 Å². The molecule has 0 aromatic heterocycles. The number of aliphatic hydroxyl groups is 1. The predicted molar refractivity (Wildman–Crippen MR) is 65.3 cm³/mol. The van der Waals surface area contributed by atoms with Crippen LogP contribution in [0.4, 0.5) is 11.4 Å². The van der Waals surface area contributed by atoms with Crippen LogP contribution in [-0.4, -0.2) is 30.8 Å². The molecular formula is C8H9BrN2O5S. The summed E-state index contributed by atoms with van der Waals surface area (Å²) in [4.78, 5) is 9.88. The van der Waals surface area contributed by atoms with Crippen LogP contribution in [0.2, 0.25) is 0 Å². The summed E-state index contributed by atoms with van der Waals surface area (Å²) in [5.74, 6) is -0.434. The van der Waals surface area contributed by atoms with Gasteiger partial charge in [0.25, 0.3) is 5.69 Å². The van der Waals surface area contributed by atoms with E-state index >= 15 is 0 Å². The van der Waals surface area contributed by atoms with Gasteiger partial charge in [-0.3, -0.25) is 14.8 Å². The smallest absolute Gasteiger partial charge is 0.270 e. The summed E-state index contributed by atoms with van der Waals surface area (Å²) in [7, 11) is -3.64. The van der Waals surface area contributed by atoms with Crippen LogP contribution in [0, 0.1) is 10.1 Å². The van der Waals surface area contributed by atoms with E-state index in [-0.39, 0.29) is 15.8 Å². The highest BCUT2D eigenvalue weighted by atomic mass is 79.9. The van der Waals surface area contributed by atoms with Gasteiger partial charge in [-0.2, -0.15) is 0 Å². The number of halogens is 1. The largest absolute Gasteiger partial charge is 0.395 e. The van der Waals surface area contributed by atoms with E-state index in [1.54, 1.807) is 0 Å². The molecule has 0 atom stereocenters. The van der Waals surface area contributed by atoms with Gasteiger partial charge in [-0.1, -0.05) is 0 Å². The van der Waals surface area contributed by atoms with E-state index in [9.17, 15) is 18.5 Å². The fraction of sp³-hybridized carbons (Fsp3) is 0.250. The van der Waals surface area contributed by atoms with Crippen molar-refractivity contribution in [3.63, 3.8) is 0 Å². The minimum absolute atomic E-state index is 0.151. The van der Waals surface area contributed by atoms with Crippen LogP contribution in [0.1, 0.15) is 0 Å². The third-order valence-electron chi connectivity index (χ3n) is 1.79. The molecule has 0 bridgehead atoms. The van der Waals surface area contributed by atoms with Gasteiger partial charge >= 0.3 is 0 Å². The minimum atomic E-state index is -3.64. The Hall–Kier alpha value is -1.19. The number of rotatable bonds is 5. The SMILES string of the molecule is O=[N+]([O-])c1ccc(NS(=O)(=O)CCO)c(Br)c1. The van der Waals surface area contributed by atoms with Gasteiger partial charge in [0.15, 0.2) is 0 Å². The van der Waals surface area contributed by atoms with Crippen LogP contribution >= 0.6 is 15.9 Å². The molecule has 1 aromatic rings. The van der Waals surface area contributed by atoms with E-state index in [1.165, 1.54) is 18.2 Å². The van der Waals surface area contributed by atoms with Gasteiger partial charge in [0.2, 0.25) is 10.0 Å². The fourth-order valence-electron chi connectivity index (χ4n) is 1.04. The van der Waals surface area contributed by atoms with Crippen molar-refractivity contribution >= 4 is 37.3 Å². The second-order valence-electron chi connectivity index (χ2n) is 3.07. The number of hydrogen-bond acceptors (Lipinski definition) is 5. The zero-order chi connectivity index (χ0) is 13.1. The molecule has 0 unspecified atom stereocenters. The number of anilines is 1. The summed E-state index contributed by atoms with van der Waals surface area (Å²) >= 11 is 3.03. The normalized spacial score (nSPS) is 11.2. The first-order valence-electron chi connectivity index (χ1n) is 4.41. The Labute approximate surface area is 106 Å². The van der Waals surface area contributed by atoms with Gasteiger partial charge in [0.05, 0.1) is 23.0 Å². The summed E-state index contributed by atoms with van der Waals surface area (Å²) in [6.45, 7) is -0.500. The quantitative estimate of drug-likeness (QED) is 0.622. The van der Waals surface area contributed by atoms with Gasteiger partial charge in [-0.05, 0) is 22.0 Å². The maximum absolute atomic E-state index is 11.3. The highest BCUT2D eigenvalue weighted by molar-refractivity contribution is 9.10. The number of non-ortho nitro benzene ring substituents is 1. The highest BCUT2D eigenvalue weighted by Crippen LogP contribution is 2.27. The van der Waals surface area contributed by atoms with Crippen LogP contribution in [-0.2, 0) is 10.0 Å². The predicted octanol–water partition coefficient (Wildman–Crippen LogP) is 1.09. The zero-order valence-electron chi connectivity index (χ0n) is 8.46. The first-order chi connectivity index (χ1) is 7.85. The summed E-state index contributed by atoms with van der Waals surface area (Å²) in [5.41, 5.74) is 0.0334. The topological polar surface area (TPSA) is 110 Å². The first kappa shape index (κ1) is 13.9. The number of nitro benzene ring substituents is 1. The van der Waals surface area contributed by atoms with Gasteiger partial charge < -0.3 is 5.11 Å². The zero-order valence-corrected chi connectivity index (χ0v) is 10.9. The number of sulfonamides is 1. The van der Waals surface area contributed by atoms with Crippen molar-refractivity contribution in [2.75, 3.05) is 17.1 Å². The molecule has 0 aliphatic rings. The second-order valence-corrected chi connectivity index (χ2v) is 5.76. The standard InChI is InChI=1S/C8H9BrN2O5S/c9-7-5-6(11(13)14)1-2-8(7)10-17(15,16)4-3-12/h1-2,5,10,12H,3-4H2. The van der Waals surface area contributed by atoms with E-state index in [4.69, 9.17) is 5.11 Å².